The smallest absolute Gasteiger partial charge is 0.250 e. The van der Waals surface area contributed by atoms with Gasteiger partial charge in [-0.1, -0.05) is 223 Å². The molecule has 3 aliphatic rings. The Morgan fingerprint density at radius 2 is 0.781 bits per heavy atom. The van der Waals surface area contributed by atoms with Crippen LogP contribution in [0.5, 0.6) is 0 Å². The molecular weight excluding hydrogens is 1320 g/mol. The van der Waals surface area contributed by atoms with Crippen molar-refractivity contribution in [2.45, 2.75) is 73.8 Å². The second-order valence-electron chi connectivity index (χ2n) is 24.9. The number of halogens is 1. The van der Waals surface area contributed by atoms with E-state index < -0.39 is 23.3 Å². The maximum Gasteiger partial charge on any atom is 0.250 e. The molecule has 486 valence electrons. The quantitative estimate of drug-likeness (QED) is 0.0692. The summed E-state index contributed by atoms with van der Waals surface area (Å²) in [6, 6.07) is 62.9. The fraction of sp³-hybridized carbons (Fsp3) is 0.237. The number of likely N-dealkylation sites (tertiary alicyclic amines) is 3. The minimum Gasteiger partial charge on any atom is -0.385 e. The van der Waals surface area contributed by atoms with Gasteiger partial charge in [-0.15, -0.1) is 0 Å². The molecule has 0 saturated carbocycles. The van der Waals surface area contributed by atoms with Gasteiger partial charge in [-0.3, -0.25) is 24.9 Å². The van der Waals surface area contributed by atoms with Gasteiger partial charge in [0.25, 0.3) is 0 Å². The minimum absolute atomic E-state index is 0.0229. The molecule has 3 saturated heterocycles. The molecule has 2 amide bonds. The van der Waals surface area contributed by atoms with Crippen molar-refractivity contribution in [2.75, 3.05) is 39.3 Å². The largest absolute Gasteiger partial charge is 0.385 e. The number of aromatic nitrogens is 9. The first-order valence-corrected chi connectivity index (χ1v) is 34.4. The number of piperidine rings is 3. The Morgan fingerprint density at radius 3 is 1.17 bits per heavy atom. The third kappa shape index (κ3) is 13.8. The highest BCUT2D eigenvalue weighted by Gasteiger charge is 2.40. The number of fused-ring (bicyclic) bond motifs is 3. The summed E-state index contributed by atoms with van der Waals surface area (Å²) < 4.78 is 8.74. The van der Waals surface area contributed by atoms with Gasteiger partial charge in [-0.2, -0.15) is 15.3 Å². The van der Waals surface area contributed by atoms with E-state index in [2.05, 4.69) is 123 Å². The van der Waals surface area contributed by atoms with Crippen molar-refractivity contribution in [1.82, 2.24) is 59.0 Å². The van der Waals surface area contributed by atoms with E-state index in [1.165, 1.54) is 11.1 Å². The highest BCUT2D eigenvalue weighted by molar-refractivity contribution is 9.10. The van der Waals surface area contributed by atoms with Crippen LogP contribution < -0.4 is 0 Å². The zero-order chi connectivity index (χ0) is 66.3. The summed E-state index contributed by atoms with van der Waals surface area (Å²) in [6.45, 7) is 8.48. The lowest BCUT2D eigenvalue weighted by molar-refractivity contribution is -0.139. The number of carbonyl (C=O) groups excluding carboxylic acids is 2. The van der Waals surface area contributed by atoms with Crippen molar-refractivity contribution in [3.05, 3.63) is 295 Å². The molecule has 0 bridgehead atoms. The van der Waals surface area contributed by atoms with Gasteiger partial charge in [0.2, 0.25) is 11.8 Å². The Balaban J connectivity index is 0.000000130. The Kier molecular flexibility index (Phi) is 19.7. The first kappa shape index (κ1) is 65.4. The molecule has 6 aromatic carbocycles. The molecule has 16 nitrogen and oxygen atoms in total. The van der Waals surface area contributed by atoms with Crippen LogP contribution in [0.4, 0.5) is 0 Å². The van der Waals surface area contributed by atoms with Gasteiger partial charge in [0.1, 0.15) is 26.0 Å². The SMILES string of the molecule is C=C(C(c1ccccc1)n1ccc2[nH]ncc2c1=S)N1CCC(c2ccccc2)CC1.O=C(C(c1ccccc1)n1ccc2[nH]ncc2c1=S)N1CCC(O)(c2ccc(Br)cc2)CC1.O=C(C(c1ccccc1)n1ccc2[nH]ncc2c1=S)N1CCC(O)(c2ccccc2)CC1. The Morgan fingerprint density at radius 1 is 0.448 bits per heavy atom. The van der Waals surface area contributed by atoms with E-state index >= 15 is 0 Å². The lowest BCUT2D eigenvalue weighted by Crippen LogP contribution is -2.47. The van der Waals surface area contributed by atoms with Crippen LogP contribution >= 0.6 is 52.6 Å². The van der Waals surface area contributed by atoms with Crippen LogP contribution in [-0.2, 0) is 20.8 Å². The molecule has 0 spiro atoms. The molecule has 20 heteroatoms. The first-order chi connectivity index (χ1) is 46.7. The summed E-state index contributed by atoms with van der Waals surface area (Å²) in [5.74, 6) is 0.563. The number of aliphatic hydroxyl groups is 2. The molecule has 3 fully saturated rings. The molecule has 5 N–H and O–H groups in total. The number of pyridine rings is 3. The lowest BCUT2D eigenvalue weighted by atomic mass is 9.84. The van der Waals surface area contributed by atoms with Crippen LogP contribution in [0.2, 0.25) is 0 Å². The summed E-state index contributed by atoms with van der Waals surface area (Å²) in [5, 5.41) is 46.3. The second-order valence-corrected chi connectivity index (χ2v) is 26.9. The number of aromatic amines is 3. The van der Waals surface area contributed by atoms with Crippen molar-refractivity contribution < 1.29 is 19.8 Å². The zero-order valence-corrected chi connectivity index (χ0v) is 56.8. The number of carbonyl (C=O) groups is 2. The first-order valence-electron chi connectivity index (χ1n) is 32.4. The predicted molar refractivity (Wildman–Crippen MR) is 388 cm³/mol. The zero-order valence-electron chi connectivity index (χ0n) is 52.8. The van der Waals surface area contributed by atoms with Crippen molar-refractivity contribution in [2.24, 2.45) is 0 Å². The average molecular weight is 1390 g/mol. The molecule has 3 unspecified atom stereocenters. The number of H-pyrrole nitrogens is 3. The van der Waals surface area contributed by atoms with E-state index in [0.717, 1.165) is 95.7 Å². The van der Waals surface area contributed by atoms with Crippen molar-refractivity contribution in [1.29, 1.82) is 0 Å². The Bertz CT molecular complexity index is 4850. The number of amides is 2. The molecular formula is C76H73BrN12O4S3. The molecule has 6 aromatic heterocycles. The van der Waals surface area contributed by atoms with Crippen LogP contribution in [0, 0.1) is 13.9 Å². The second kappa shape index (κ2) is 29.0. The van der Waals surface area contributed by atoms with Gasteiger partial charge >= 0.3 is 0 Å². The number of benzene rings is 6. The van der Waals surface area contributed by atoms with Crippen molar-refractivity contribution in [3.8, 4) is 0 Å². The van der Waals surface area contributed by atoms with E-state index in [1.807, 2.05) is 177 Å². The van der Waals surface area contributed by atoms with E-state index in [-0.39, 0.29) is 17.9 Å². The van der Waals surface area contributed by atoms with Crippen LogP contribution in [0.25, 0.3) is 32.7 Å². The molecule has 0 aliphatic carbocycles. The van der Waals surface area contributed by atoms with Crippen LogP contribution in [-0.4, -0.2) is 120 Å². The normalized spacial score (nSPS) is 16.4. The van der Waals surface area contributed by atoms with E-state index in [9.17, 15) is 19.8 Å². The summed E-state index contributed by atoms with van der Waals surface area (Å²) in [7, 11) is 0. The molecule has 15 rings (SSSR count). The Labute approximate surface area is 580 Å². The van der Waals surface area contributed by atoms with Crippen molar-refractivity contribution >= 4 is 97.1 Å². The minimum atomic E-state index is -0.939. The molecule has 9 heterocycles. The standard InChI is InChI=1S/C26H26N4S.C25H23BrN4O2S.C25H24N4O2S/c1-19(29-15-12-21(13-16-29)20-8-4-2-5-9-20)25(22-10-6-3-7-11-22)30-17-14-24-23(26(30)31)18-27-28-24;26-19-8-6-18(7-9-19)25(32)11-14-29(15-12-25)23(31)22(17-4-2-1-3-5-17)30-13-10-21-20(24(30)33)16-27-28-21;30-23(28-15-12-25(31,13-16-28)19-9-5-2-6-10-19)22(18-7-3-1-4-8-18)29-14-11-21-20(24(29)32)17-26-27-21/h2-11,14,17-18,21,25H,1,12-13,15-16H2,(H,27,28);1-10,13,16,22,32H,11-12,14-15H2,(H,27,28);1-11,14,17,22,31H,12-13,15-16H2,(H,26,27). The van der Waals surface area contributed by atoms with Gasteiger partial charge in [0.05, 0.1) is 68.5 Å². The van der Waals surface area contributed by atoms with Gasteiger partial charge in [0.15, 0.2) is 0 Å². The third-order valence-electron chi connectivity index (χ3n) is 19.2. The number of hydrogen-bond acceptors (Lipinski definition) is 11. The van der Waals surface area contributed by atoms with E-state index in [1.54, 1.807) is 12.4 Å². The highest BCUT2D eigenvalue weighted by atomic mass is 79.9. The molecule has 12 aromatic rings. The number of allylic oxidation sites excluding steroid dienone is 1. The molecule has 0 radical (unpaired) electrons. The fourth-order valence-corrected chi connectivity index (χ4v) is 15.0. The van der Waals surface area contributed by atoms with E-state index in [0.29, 0.717) is 67.1 Å². The summed E-state index contributed by atoms with van der Waals surface area (Å²) in [4.78, 5) is 33.8. The molecule has 3 aliphatic heterocycles. The monoisotopic (exact) mass is 1390 g/mol. The predicted octanol–water partition coefficient (Wildman–Crippen LogP) is 15.2. The molecule has 96 heavy (non-hydrogen) atoms. The van der Waals surface area contributed by atoms with Gasteiger partial charge in [-0.05, 0) is 108 Å². The summed E-state index contributed by atoms with van der Waals surface area (Å²) in [5.41, 5.74) is 8.05. The maximum atomic E-state index is 13.9. The number of nitrogens with zero attached hydrogens (tertiary/aromatic N) is 9. The van der Waals surface area contributed by atoms with E-state index in [4.69, 9.17) is 36.7 Å². The number of nitrogens with one attached hydrogen (secondary N) is 3. The molecule has 3 atom stereocenters. The summed E-state index contributed by atoms with van der Waals surface area (Å²) in [6.07, 6.45) is 15.2. The number of hydrogen-bond donors (Lipinski definition) is 5. The van der Waals surface area contributed by atoms with Gasteiger partial charge < -0.3 is 38.6 Å². The lowest BCUT2D eigenvalue weighted by Gasteiger charge is -2.40. The van der Waals surface area contributed by atoms with Crippen molar-refractivity contribution in [3.63, 3.8) is 0 Å². The fourth-order valence-electron chi connectivity index (χ4n) is 13.8. The average Bonchev–Trinajstić information content (AvgIpc) is 1.29. The van der Waals surface area contributed by atoms with Crippen LogP contribution in [0.3, 0.4) is 0 Å². The van der Waals surface area contributed by atoms with Gasteiger partial charge in [0, 0.05) is 68.0 Å². The highest BCUT2D eigenvalue weighted by Crippen LogP contribution is 2.39. The topological polar surface area (TPSA) is 185 Å². The van der Waals surface area contributed by atoms with Crippen LogP contribution in [0.15, 0.2) is 248 Å². The number of rotatable bonds is 13. The van der Waals surface area contributed by atoms with Crippen LogP contribution in [0.1, 0.15) is 95.9 Å². The van der Waals surface area contributed by atoms with Gasteiger partial charge in [-0.25, -0.2) is 0 Å². The maximum absolute atomic E-state index is 13.9. The Hall–Kier alpha value is -9.28. The summed E-state index contributed by atoms with van der Waals surface area (Å²) >= 11 is 20.8. The third-order valence-corrected chi connectivity index (χ3v) is 21.1.